The molecule has 28 heavy (non-hydrogen) atoms. The molecule has 0 N–H and O–H groups in total. The molecule has 2 aromatic heterocycles. The highest BCUT2D eigenvalue weighted by Gasteiger charge is 2.26. The van der Waals surface area contributed by atoms with Crippen LogP contribution in [0.4, 0.5) is 8.78 Å². The van der Waals surface area contributed by atoms with Crippen LogP contribution in [-0.2, 0) is 9.53 Å². The second-order valence-corrected chi connectivity index (χ2v) is 6.59. The predicted molar refractivity (Wildman–Crippen MR) is 98.0 cm³/mol. The molecule has 0 saturated heterocycles. The Kier molecular flexibility index (Phi) is 4.55. The standard InChI is InChI=1S/C18H13F2N3O4S/c1-9-12(23-5-6-28-18(23)21-9)8-11-16(24)27-15(22-11)10-3-4-13(26-17(19)20)14(7-10)25-2/h3-8,17H,1-2H3/b11-8+. The number of hydrogen-bond donors (Lipinski definition) is 0. The number of rotatable bonds is 5. The van der Waals surface area contributed by atoms with Crippen molar-refractivity contribution in [1.29, 1.82) is 0 Å². The van der Waals surface area contributed by atoms with Gasteiger partial charge in [-0.2, -0.15) is 8.78 Å². The van der Waals surface area contributed by atoms with Crippen LogP contribution in [0.3, 0.4) is 0 Å². The van der Waals surface area contributed by atoms with Gasteiger partial charge in [0.1, 0.15) is 0 Å². The molecular formula is C18H13F2N3O4S. The highest BCUT2D eigenvalue weighted by molar-refractivity contribution is 7.15. The first-order valence-corrected chi connectivity index (χ1v) is 8.92. The maximum atomic E-state index is 12.5. The number of cyclic esters (lactones) is 1. The number of aliphatic imine (C=N–C) groups is 1. The highest BCUT2D eigenvalue weighted by atomic mass is 32.1. The lowest BCUT2D eigenvalue weighted by atomic mass is 10.2. The lowest BCUT2D eigenvalue weighted by Gasteiger charge is -2.10. The maximum absolute atomic E-state index is 12.5. The Morgan fingerprint density at radius 3 is 2.89 bits per heavy atom. The molecule has 3 heterocycles. The fourth-order valence-electron chi connectivity index (χ4n) is 2.74. The second kappa shape index (κ2) is 7.04. The predicted octanol–water partition coefficient (Wildman–Crippen LogP) is 3.66. The number of imidazole rings is 1. The maximum Gasteiger partial charge on any atom is 0.387 e. The number of halogens is 2. The minimum atomic E-state index is -2.98. The molecule has 144 valence electrons. The summed E-state index contributed by atoms with van der Waals surface area (Å²) in [6.45, 7) is -1.15. The molecule has 10 heteroatoms. The van der Waals surface area contributed by atoms with Gasteiger partial charge in [-0.05, 0) is 31.2 Å². The molecule has 1 aliphatic heterocycles. The summed E-state index contributed by atoms with van der Waals surface area (Å²) in [6, 6.07) is 4.17. The molecule has 0 fully saturated rings. The van der Waals surface area contributed by atoms with Crippen LogP contribution in [-0.4, -0.2) is 35.0 Å². The first kappa shape index (κ1) is 18.1. The number of nitrogens with zero attached hydrogens (tertiary/aromatic N) is 3. The number of benzene rings is 1. The molecule has 4 rings (SSSR count). The van der Waals surface area contributed by atoms with Crippen molar-refractivity contribution in [3.63, 3.8) is 0 Å². The zero-order valence-electron chi connectivity index (χ0n) is 14.7. The van der Waals surface area contributed by atoms with Crippen molar-refractivity contribution in [2.24, 2.45) is 4.99 Å². The Hall–Kier alpha value is -3.27. The molecule has 0 saturated carbocycles. The van der Waals surface area contributed by atoms with E-state index in [4.69, 9.17) is 9.47 Å². The second-order valence-electron chi connectivity index (χ2n) is 5.72. The monoisotopic (exact) mass is 405 g/mol. The van der Waals surface area contributed by atoms with Crippen LogP contribution < -0.4 is 9.47 Å². The van der Waals surface area contributed by atoms with Crippen molar-refractivity contribution in [3.05, 3.63) is 52.4 Å². The van der Waals surface area contributed by atoms with Crippen molar-refractivity contribution in [1.82, 2.24) is 9.38 Å². The number of hydrogen-bond acceptors (Lipinski definition) is 7. The third kappa shape index (κ3) is 3.22. The first-order chi connectivity index (χ1) is 13.5. The number of fused-ring (bicyclic) bond motifs is 1. The van der Waals surface area contributed by atoms with Crippen LogP contribution in [0.25, 0.3) is 11.0 Å². The summed E-state index contributed by atoms with van der Waals surface area (Å²) in [5.41, 5.74) is 1.98. The summed E-state index contributed by atoms with van der Waals surface area (Å²) in [7, 11) is 1.32. The van der Waals surface area contributed by atoms with Gasteiger partial charge in [0.2, 0.25) is 5.90 Å². The number of aryl methyl sites for hydroxylation is 1. The van der Waals surface area contributed by atoms with Gasteiger partial charge in [0.15, 0.2) is 22.2 Å². The Morgan fingerprint density at radius 1 is 1.32 bits per heavy atom. The molecule has 3 aromatic rings. The molecule has 1 aliphatic rings. The number of carbonyl (C=O) groups excluding carboxylic acids is 1. The van der Waals surface area contributed by atoms with Crippen molar-refractivity contribution >= 4 is 34.2 Å². The van der Waals surface area contributed by atoms with E-state index in [1.165, 1.54) is 36.6 Å². The SMILES string of the molecule is COc1cc(C2=N/C(=C/c3c(C)nc4sccn34)C(=O)O2)ccc1OC(F)F. The number of carbonyl (C=O) groups is 1. The quantitative estimate of drug-likeness (QED) is 0.478. The van der Waals surface area contributed by atoms with Crippen LogP contribution in [0, 0.1) is 6.92 Å². The van der Waals surface area contributed by atoms with E-state index in [1.54, 1.807) is 6.08 Å². The van der Waals surface area contributed by atoms with Gasteiger partial charge in [0.25, 0.3) is 0 Å². The lowest BCUT2D eigenvalue weighted by Crippen LogP contribution is -2.07. The van der Waals surface area contributed by atoms with Gasteiger partial charge in [-0.1, -0.05) is 0 Å². The zero-order chi connectivity index (χ0) is 19.8. The molecule has 0 amide bonds. The van der Waals surface area contributed by atoms with Crippen LogP contribution in [0.5, 0.6) is 11.5 Å². The molecule has 0 radical (unpaired) electrons. The van der Waals surface area contributed by atoms with Gasteiger partial charge < -0.3 is 14.2 Å². The number of ether oxygens (including phenoxy) is 3. The third-order valence-electron chi connectivity index (χ3n) is 4.00. The van der Waals surface area contributed by atoms with Crippen molar-refractivity contribution in [3.8, 4) is 11.5 Å². The smallest absolute Gasteiger partial charge is 0.387 e. The summed E-state index contributed by atoms with van der Waals surface area (Å²) in [5, 5.41) is 1.89. The Balaban J connectivity index is 1.69. The number of methoxy groups -OCH3 is 1. The first-order valence-electron chi connectivity index (χ1n) is 8.04. The van der Waals surface area contributed by atoms with E-state index in [9.17, 15) is 13.6 Å². The topological polar surface area (TPSA) is 74.4 Å². The summed E-state index contributed by atoms with van der Waals surface area (Å²) < 4.78 is 41.4. The van der Waals surface area contributed by atoms with Gasteiger partial charge >= 0.3 is 12.6 Å². The van der Waals surface area contributed by atoms with Gasteiger partial charge in [-0.3, -0.25) is 4.40 Å². The highest BCUT2D eigenvalue weighted by Crippen LogP contribution is 2.31. The van der Waals surface area contributed by atoms with Crippen LogP contribution in [0.2, 0.25) is 0 Å². The summed E-state index contributed by atoms with van der Waals surface area (Å²) in [5.74, 6) is -0.634. The number of aromatic nitrogens is 2. The average molecular weight is 405 g/mol. The van der Waals surface area contributed by atoms with E-state index >= 15 is 0 Å². The summed E-state index contributed by atoms with van der Waals surface area (Å²) in [4.78, 5) is 21.7. The van der Waals surface area contributed by atoms with Gasteiger partial charge in [0.05, 0.1) is 18.5 Å². The fourth-order valence-corrected chi connectivity index (χ4v) is 3.51. The fraction of sp³-hybridized carbons (Fsp3) is 0.167. The minimum Gasteiger partial charge on any atom is -0.493 e. The molecular weight excluding hydrogens is 392 g/mol. The number of alkyl halides is 2. The molecule has 0 aliphatic carbocycles. The van der Waals surface area contributed by atoms with Crippen LogP contribution >= 0.6 is 11.3 Å². The van der Waals surface area contributed by atoms with Gasteiger partial charge in [-0.15, -0.1) is 11.3 Å². The lowest BCUT2D eigenvalue weighted by molar-refractivity contribution is -0.129. The van der Waals surface area contributed by atoms with E-state index in [0.717, 1.165) is 16.3 Å². The van der Waals surface area contributed by atoms with E-state index < -0.39 is 12.6 Å². The van der Waals surface area contributed by atoms with Gasteiger partial charge in [-0.25, -0.2) is 14.8 Å². The van der Waals surface area contributed by atoms with Crippen molar-refractivity contribution in [2.75, 3.05) is 7.11 Å². The number of thiazole rings is 1. The molecule has 1 aromatic carbocycles. The van der Waals surface area contributed by atoms with Gasteiger partial charge in [0, 0.05) is 17.1 Å². The van der Waals surface area contributed by atoms with E-state index in [0.29, 0.717) is 5.56 Å². The number of esters is 1. The van der Waals surface area contributed by atoms with Crippen molar-refractivity contribution < 1.29 is 27.8 Å². The molecule has 0 atom stereocenters. The normalized spacial score (nSPS) is 15.4. The third-order valence-corrected chi connectivity index (χ3v) is 4.76. The molecule has 0 spiro atoms. The summed E-state index contributed by atoms with van der Waals surface area (Å²) >= 11 is 1.48. The molecule has 0 bridgehead atoms. The average Bonchev–Trinajstić information content (AvgIpc) is 3.32. The van der Waals surface area contributed by atoms with Crippen LogP contribution in [0.1, 0.15) is 17.0 Å². The Morgan fingerprint density at radius 2 is 2.14 bits per heavy atom. The van der Waals surface area contributed by atoms with Crippen molar-refractivity contribution in [2.45, 2.75) is 13.5 Å². The molecule has 7 nitrogen and oxygen atoms in total. The largest absolute Gasteiger partial charge is 0.493 e. The van der Waals surface area contributed by atoms with E-state index in [-0.39, 0.29) is 23.1 Å². The van der Waals surface area contributed by atoms with E-state index in [2.05, 4.69) is 14.7 Å². The Bertz CT molecular complexity index is 1130. The minimum absolute atomic E-state index is 0.0434. The molecule has 0 unspecified atom stereocenters. The van der Waals surface area contributed by atoms with Crippen LogP contribution in [0.15, 0.2) is 40.5 Å². The summed E-state index contributed by atoms with van der Waals surface area (Å²) in [6.07, 6.45) is 3.45. The Labute approximate surface area is 161 Å². The van der Waals surface area contributed by atoms with E-state index in [1.807, 2.05) is 22.9 Å². The zero-order valence-corrected chi connectivity index (χ0v) is 15.5.